The van der Waals surface area contributed by atoms with Crippen LogP contribution in [0, 0.1) is 20.8 Å². The van der Waals surface area contributed by atoms with Gasteiger partial charge in [-0.1, -0.05) is 40.5 Å². The van der Waals surface area contributed by atoms with Gasteiger partial charge in [0.2, 0.25) is 0 Å². The van der Waals surface area contributed by atoms with Crippen molar-refractivity contribution in [2.45, 2.75) is 32.6 Å². The highest BCUT2D eigenvalue weighted by atomic mass is 79.9. The number of carbonyl (C=O) groups is 1. The lowest BCUT2D eigenvalue weighted by Gasteiger charge is -2.04. The molecule has 0 aliphatic heterocycles. The van der Waals surface area contributed by atoms with Crippen LogP contribution in [0.5, 0.6) is 0 Å². The minimum Gasteiger partial charge on any atom is -0.336 e. The predicted molar refractivity (Wildman–Crippen MR) is 110 cm³/mol. The fourth-order valence-corrected chi connectivity index (χ4v) is 4.93. The number of hydrogen-bond acceptors (Lipinski definition) is 6. The molecule has 0 radical (unpaired) electrons. The van der Waals surface area contributed by atoms with Crippen LogP contribution < -0.4 is 4.72 Å². The van der Waals surface area contributed by atoms with Crippen LogP contribution >= 0.6 is 27.3 Å². The normalized spacial score (nSPS) is 10.9. The first-order valence-electron chi connectivity index (χ1n) is 7.88. The van der Waals surface area contributed by atoms with Crippen molar-refractivity contribution in [2.75, 3.05) is 4.72 Å². The van der Waals surface area contributed by atoms with E-state index in [4.69, 9.17) is 4.52 Å². The van der Waals surface area contributed by atoms with Gasteiger partial charge < -0.3 is 4.52 Å². The van der Waals surface area contributed by atoms with Crippen LogP contribution in [0.15, 0.2) is 49.6 Å². The SMILES string of the molecule is CC(=O)c1sccc1S(=O)(=O)Nc1onc(C)c1Br.Cc1cccc(C)c1. The van der Waals surface area contributed by atoms with Crippen molar-refractivity contribution in [3.8, 4) is 0 Å². The molecule has 0 saturated carbocycles. The standard InChI is InChI=1S/C10H9BrN2O4S2.C8H10/c1-5-8(11)10(17-12-5)13-19(15,16)7-3-4-18-9(7)6(2)14;1-7-4-3-5-8(2)6-7/h3-4,13H,1-2H3;3-6H,1-2H3. The van der Waals surface area contributed by atoms with Gasteiger partial charge in [-0.15, -0.1) is 11.3 Å². The van der Waals surface area contributed by atoms with Gasteiger partial charge in [0, 0.05) is 0 Å². The smallest absolute Gasteiger partial charge is 0.265 e. The molecule has 1 N–H and O–H groups in total. The lowest BCUT2D eigenvalue weighted by atomic mass is 10.2. The maximum Gasteiger partial charge on any atom is 0.265 e. The van der Waals surface area contributed by atoms with Gasteiger partial charge in [0.05, 0.1) is 10.6 Å². The number of nitrogens with one attached hydrogen (secondary N) is 1. The third kappa shape index (κ3) is 5.50. The first kappa shape index (κ1) is 21.3. The molecule has 9 heteroatoms. The van der Waals surface area contributed by atoms with Gasteiger partial charge in [-0.3, -0.25) is 4.79 Å². The van der Waals surface area contributed by atoms with E-state index in [-0.39, 0.29) is 21.4 Å². The Morgan fingerprint density at radius 1 is 1.19 bits per heavy atom. The molecule has 0 atom stereocenters. The summed E-state index contributed by atoms with van der Waals surface area (Å²) in [5.41, 5.74) is 3.20. The highest BCUT2D eigenvalue weighted by Crippen LogP contribution is 2.30. The van der Waals surface area contributed by atoms with Crippen LogP contribution in [0.4, 0.5) is 5.88 Å². The molecule has 0 saturated heterocycles. The molecule has 0 aliphatic carbocycles. The number of benzene rings is 1. The van der Waals surface area contributed by atoms with Gasteiger partial charge in [0.25, 0.3) is 15.9 Å². The van der Waals surface area contributed by atoms with E-state index in [1.165, 1.54) is 24.1 Å². The Bertz CT molecular complexity index is 1040. The van der Waals surface area contributed by atoms with Crippen molar-refractivity contribution in [2.24, 2.45) is 0 Å². The molecule has 2 aromatic heterocycles. The number of ketones is 1. The van der Waals surface area contributed by atoms with Crippen LogP contribution in [0.3, 0.4) is 0 Å². The average molecular weight is 471 g/mol. The number of Topliss-reactive ketones (excluding diaryl/α,β-unsaturated/α-hetero) is 1. The Morgan fingerprint density at radius 2 is 1.81 bits per heavy atom. The maximum atomic E-state index is 12.2. The maximum absolute atomic E-state index is 12.2. The highest BCUT2D eigenvalue weighted by Gasteiger charge is 2.25. The summed E-state index contributed by atoms with van der Waals surface area (Å²) < 4.78 is 31.9. The number of aromatic nitrogens is 1. The summed E-state index contributed by atoms with van der Waals surface area (Å²) in [5.74, 6) is -0.318. The molecule has 0 aliphatic rings. The summed E-state index contributed by atoms with van der Waals surface area (Å²) >= 11 is 4.24. The number of rotatable bonds is 4. The van der Waals surface area contributed by atoms with E-state index in [0.717, 1.165) is 11.3 Å². The summed E-state index contributed by atoms with van der Waals surface area (Å²) in [4.78, 5) is 11.5. The van der Waals surface area contributed by atoms with E-state index in [2.05, 4.69) is 63.9 Å². The first-order valence-corrected chi connectivity index (χ1v) is 11.0. The Labute approximate surface area is 170 Å². The zero-order chi connectivity index (χ0) is 20.2. The van der Waals surface area contributed by atoms with Crippen molar-refractivity contribution >= 4 is 49.0 Å². The summed E-state index contributed by atoms with van der Waals surface area (Å²) in [5, 5.41) is 5.17. The largest absolute Gasteiger partial charge is 0.336 e. The van der Waals surface area contributed by atoms with Crippen molar-refractivity contribution < 1.29 is 17.7 Å². The molecular formula is C18H19BrN2O4S2. The minimum absolute atomic E-state index is 0.0156. The van der Waals surface area contributed by atoms with Gasteiger partial charge in [0.1, 0.15) is 9.37 Å². The number of anilines is 1. The first-order chi connectivity index (χ1) is 12.6. The monoisotopic (exact) mass is 470 g/mol. The van der Waals surface area contributed by atoms with Gasteiger partial charge in [-0.05, 0) is 55.1 Å². The molecule has 0 fully saturated rings. The number of halogens is 1. The number of aryl methyl sites for hydroxylation is 3. The molecule has 0 spiro atoms. The lowest BCUT2D eigenvalue weighted by Crippen LogP contribution is -2.14. The van der Waals surface area contributed by atoms with Gasteiger partial charge in [-0.25, -0.2) is 13.1 Å². The third-order valence-corrected chi connectivity index (χ3v) is 6.88. The van der Waals surface area contributed by atoms with Crippen LogP contribution in [0.1, 0.15) is 33.4 Å². The van der Waals surface area contributed by atoms with E-state index < -0.39 is 10.0 Å². The molecule has 0 unspecified atom stereocenters. The summed E-state index contributed by atoms with van der Waals surface area (Å²) in [6, 6.07) is 9.82. The van der Waals surface area contributed by atoms with Crippen LogP contribution in [-0.4, -0.2) is 19.4 Å². The Balaban J connectivity index is 0.000000273. The summed E-state index contributed by atoms with van der Waals surface area (Å²) in [6.07, 6.45) is 0. The van der Waals surface area contributed by atoms with Crippen LogP contribution in [0.25, 0.3) is 0 Å². The fraction of sp³-hybridized carbons (Fsp3) is 0.222. The summed E-state index contributed by atoms with van der Waals surface area (Å²) in [6.45, 7) is 7.19. The van der Waals surface area contributed by atoms with Crippen LogP contribution in [0.2, 0.25) is 0 Å². The second kappa shape index (κ2) is 8.81. The zero-order valence-corrected chi connectivity index (χ0v) is 18.5. The third-order valence-electron chi connectivity index (χ3n) is 3.43. The van der Waals surface area contributed by atoms with Crippen LogP contribution in [-0.2, 0) is 10.0 Å². The van der Waals surface area contributed by atoms with E-state index >= 15 is 0 Å². The second-order valence-corrected chi connectivity index (χ2v) is 9.20. The number of sulfonamides is 1. The van der Waals surface area contributed by atoms with Gasteiger partial charge in [-0.2, -0.15) is 0 Å². The molecule has 1 aromatic carbocycles. The van der Waals surface area contributed by atoms with Gasteiger partial charge >= 0.3 is 0 Å². The number of carbonyl (C=O) groups excluding carboxylic acids is 1. The molecule has 6 nitrogen and oxygen atoms in total. The van der Waals surface area contributed by atoms with Crippen molar-refractivity contribution in [3.05, 3.63) is 61.9 Å². The fourth-order valence-electron chi connectivity index (χ4n) is 2.17. The average Bonchev–Trinajstić information content (AvgIpc) is 3.18. The second-order valence-electron chi connectivity index (χ2n) is 5.84. The molecular weight excluding hydrogens is 452 g/mol. The summed E-state index contributed by atoms with van der Waals surface area (Å²) in [7, 11) is -3.88. The van der Waals surface area contributed by atoms with E-state index in [0.29, 0.717) is 10.2 Å². The van der Waals surface area contributed by atoms with E-state index in [9.17, 15) is 13.2 Å². The zero-order valence-electron chi connectivity index (χ0n) is 15.2. The quantitative estimate of drug-likeness (QED) is 0.534. The highest BCUT2D eigenvalue weighted by molar-refractivity contribution is 9.10. The molecule has 2 heterocycles. The Morgan fingerprint density at radius 3 is 2.26 bits per heavy atom. The van der Waals surface area contributed by atoms with E-state index in [1.807, 2.05) is 0 Å². The molecule has 0 amide bonds. The van der Waals surface area contributed by atoms with E-state index in [1.54, 1.807) is 12.3 Å². The Hall–Kier alpha value is -1.97. The van der Waals surface area contributed by atoms with Crippen molar-refractivity contribution in [1.29, 1.82) is 0 Å². The number of thiophene rings is 1. The molecule has 27 heavy (non-hydrogen) atoms. The molecule has 0 bridgehead atoms. The number of nitrogens with zero attached hydrogens (tertiary/aromatic N) is 1. The predicted octanol–water partition coefficient (Wildman–Crippen LogP) is 5.11. The molecule has 144 valence electrons. The minimum atomic E-state index is -3.88. The molecule has 3 aromatic rings. The van der Waals surface area contributed by atoms with Gasteiger partial charge in [0.15, 0.2) is 5.78 Å². The number of hydrogen-bond donors (Lipinski definition) is 1. The van der Waals surface area contributed by atoms with Crippen molar-refractivity contribution in [3.63, 3.8) is 0 Å². The Kier molecular flexibility index (Phi) is 6.96. The topological polar surface area (TPSA) is 89.3 Å². The lowest BCUT2D eigenvalue weighted by molar-refractivity contribution is 0.101. The van der Waals surface area contributed by atoms with Crippen molar-refractivity contribution in [1.82, 2.24) is 5.16 Å². The molecule has 3 rings (SSSR count).